The summed E-state index contributed by atoms with van der Waals surface area (Å²) in [6, 6.07) is 3.08. The monoisotopic (exact) mass is 243 g/mol. The van der Waals surface area contributed by atoms with Gasteiger partial charge in [0.1, 0.15) is 5.75 Å². The fourth-order valence-electron chi connectivity index (χ4n) is 1.73. The number of benzene rings is 1. The van der Waals surface area contributed by atoms with E-state index >= 15 is 0 Å². The molecule has 0 saturated carbocycles. The molecule has 2 atom stereocenters. The lowest BCUT2D eigenvalue weighted by atomic mass is 9.97. The maximum Gasteiger partial charge on any atom is 0.189 e. The molecule has 1 aliphatic rings. The van der Waals surface area contributed by atoms with Gasteiger partial charge < -0.3 is 20.3 Å². The number of halogens is 1. The lowest BCUT2D eigenvalue weighted by Crippen LogP contribution is -2.26. The van der Waals surface area contributed by atoms with Crippen molar-refractivity contribution in [2.75, 3.05) is 6.79 Å². The summed E-state index contributed by atoms with van der Waals surface area (Å²) in [6.07, 6.45) is -0.812. The van der Waals surface area contributed by atoms with Gasteiger partial charge in [0, 0.05) is 22.2 Å². The van der Waals surface area contributed by atoms with Crippen LogP contribution in [-0.2, 0) is 11.3 Å². The van der Waals surface area contributed by atoms with Crippen molar-refractivity contribution in [3.05, 3.63) is 28.3 Å². The van der Waals surface area contributed by atoms with Crippen molar-refractivity contribution in [1.82, 2.24) is 0 Å². The highest BCUT2D eigenvalue weighted by atomic mass is 35.5. The minimum Gasteiger partial charge on any atom is -0.467 e. The van der Waals surface area contributed by atoms with E-state index in [1.807, 2.05) is 0 Å². The summed E-state index contributed by atoms with van der Waals surface area (Å²) in [4.78, 5) is 0. The van der Waals surface area contributed by atoms with E-state index in [0.717, 1.165) is 5.56 Å². The summed E-state index contributed by atoms with van der Waals surface area (Å²) in [5, 5.41) is 10.5. The molecule has 1 heterocycles. The minimum atomic E-state index is -0.812. The number of nitrogens with two attached hydrogens (primary N) is 1. The van der Waals surface area contributed by atoms with Crippen molar-refractivity contribution in [3.63, 3.8) is 0 Å². The van der Waals surface area contributed by atoms with Crippen molar-refractivity contribution >= 4 is 11.6 Å². The van der Waals surface area contributed by atoms with Crippen LogP contribution in [0.25, 0.3) is 0 Å². The van der Waals surface area contributed by atoms with Crippen LogP contribution in [0.1, 0.15) is 24.2 Å². The number of aliphatic hydroxyl groups is 1. The molecule has 0 radical (unpaired) electrons. The molecular weight excluding hydrogens is 230 g/mol. The van der Waals surface area contributed by atoms with Gasteiger partial charge in [-0.25, -0.2) is 0 Å². The van der Waals surface area contributed by atoms with Crippen LogP contribution in [0.15, 0.2) is 12.1 Å². The van der Waals surface area contributed by atoms with Crippen LogP contribution >= 0.6 is 11.6 Å². The van der Waals surface area contributed by atoms with Crippen LogP contribution in [0.5, 0.6) is 5.75 Å². The molecule has 16 heavy (non-hydrogen) atoms. The van der Waals surface area contributed by atoms with Crippen LogP contribution in [0.4, 0.5) is 0 Å². The van der Waals surface area contributed by atoms with Gasteiger partial charge in [0.25, 0.3) is 0 Å². The molecule has 1 aromatic carbocycles. The van der Waals surface area contributed by atoms with Crippen LogP contribution in [-0.4, -0.2) is 17.9 Å². The molecule has 2 rings (SSSR count). The van der Waals surface area contributed by atoms with Crippen molar-refractivity contribution in [2.45, 2.75) is 25.7 Å². The van der Waals surface area contributed by atoms with Crippen molar-refractivity contribution in [1.29, 1.82) is 0 Å². The van der Waals surface area contributed by atoms with Gasteiger partial charge in [0.05, 0.1) is 12.7 Å². The Kier molecular flexibility index (Phi) is 3.35. The maximum atomic E-state index is 10.0. The first-order valence-corrected chi connectivity index (χ1v) is 5.44. The largest absolute Gasteiger partial charge is 0.467 e. The maximum absolute atomic E-state index is 10.0. The quantitative estimate of drug-likeness (QED) is 0.828. The third-order valence-corrected chi connectivity index (χ3v) is 2.93. The molecule has 0 saturated heterocycles. The highest BCUT2D eigenvalue weighted by Crippen LogP contribution is 2.36. The SMILES string of the molecule is CC(N)C(O)c1c(Cl)ccc2c1COCO2. The average molecular weight is 244 g/mol. The average Bonchev–Trinajstić information content (AvgIpc) is 2.28. The van der Waals surface area contributed by atoms with Gasteiger partial charge in [-0.2, -0.15) is 0 Å². The highest BCUT2D eigenvalue weighted by molar-refractivity contribution is 6.31. The molecule has 0 bridgehead atoms. The lowest BCUT2D eigenvalue weighted by molar-refractivity contribution is -0.0182. The van der Waals surface area contributed by atoms with Crippen molar-refractivity contribution in [3.8, 4) is 5.75 Å². The fraction of sp³-hybridized carbons (Fsp3) is 0.455. The smallest absolute Gasteiger partial charge is 0.189 e. The van der Waals surface area contributed by atoms with Crippen LogP contribution in [0.2, 0.25) is 5.02 Å². The Labute approximate surface area is 98.9 Å². The van der Waals surface area contributed by atoms with Crippen LogP contribution < -0.4 is 10.5 Å². The second-order valence-electron chi connectivity index (χ2n) is 3.85. The standard InChI is InChI=1S/C11H14ClNO3/c1-6(13)11(14)10-7-4-15-5-16-9(7)3-2-8(10)12/h2-3,6,11,14H,4-5,13H2,1H3. The van der Waals surface area contributed by atoms with Crippen molar-refractivity contribution < 1.29 is 14.6 Å². The van der Waals surface area contributed by atoms with E-state index in [0.29, 0.717) is 22.9 Å². The Bertz CT molecular complexity index is 395. The molecule has 0 spiro atoms. The van der Waals surface area contributed by atoms with E-state index in [1.165, 1.54) is 0 Å². The topological polar surface area (TPSA) is 64.7 Å². The Morgan fingerprint density at radius 3 is 2.94 bits per heavy atom. The third kappa shape index (κ3) is 2.01. The zero-order valence-electron chi connectivity index (χ0n) is 8.94. The Balaban J connectivity index is 2.49. The Morgan fingerprint density at radius 1 is 1.50 bits per heavy atom. The first-order valence-electron chi connectivity index (χ1n) is 5.06. The number of hydrogen-bond acceptors (Lipinski definition) is 4. The highest BCUT2D eigenvalue weighted by Gasteiger charge is 2.24. The van der Waals surface area contributed by atoms with Gasteiger partial charge in [-0.15, -0.1) is 0 Å². The van der Waals surface area contributed by atoms with Crippen LogP contribution in [0, 0.1) is 0 Å². The zero-order chi connectivity index (χ0) is 11.7. The van der Waals surface area contributed by atoms with E-state index in [9.17, 15) is 5.11 Å². The van der Waals surface area contributed by atoms with E-state index in [4.69, 9.17) is 26.8 Å². The molecule has 1 aliphatic heterocycles. The molecule has 3 N–H and O–H groups in total. The lowest BCUT2D eigenvalue weighted by Gasteiger charge is -2.25. The van der Waals surface area contributed by atoms with Gasteiger partial charge in [-0.05, 0) is 19.1 Å². The van der Waals surface area contributed by atoms with Gasteiger partial charge in [0.2, 0.25) is 0 Å². The summed E-state index contributed by atoms with van der Waals surface area (Å²) in [5.41, 5.74) is 7.07. The number of aliphatic hydroxyl groups excluding tert-OH is 1. The molecular formula is C11H14ClNO3. The fourth-order valence-corrected chi connectivity index (χ4v) is 2.02. The predicted molar refractivity (Wildman–Crippen MR) is 60.3 cm³/mol. The molecule has 2 unspecified atom stereocenters. The molecule has 88 valence electrons. The van der Waals surface area contributed by atoms with E-state index in [1.54, 1.807) is 19.1 Å². The van der Waals surface area contributed by atoms with Gasteiger partial charge in [-0.1, -0.05) is 11.6 Å². The molecule has 0 aromatic heterocycles. The second kappa shape index (κ2) is 4.59. The molecule has 1 aromatic rings. The number of ether oxygens (including phenoxy) is 2. The van der Waals surface area contributed by atoms with Crippen LogP contribution in [0.3, 0.4) is 0 Å². The van der Waals surface area contributed by atoms with Gasteiger partial charge >= 0.3 is 0 Å². The number of rotatable bonds is 2. The minimum absolute atomic E-state index is 0.225. The van der Waals surface area contributed by atoms with Crippen molar-refractivity contribution in [2.24, 2.45) is 5.73 Å². The molecule has 5 heteroatoms. The van der Waals surface area contributed by atoms with E-state index < -0.39 is 12.1 Å². The van der Waals surface area contributed by atoms with Gasteiger partial charge in [0.15, 0.2) is 6.79 Å². The summed E-state index contributed by atoms with van der Waals surface area (Å²) >= 11 is 6.07. The Morgan fingerprint density at radius 2 is 2.25 bits per heavy atom. The summed E-state index contributed by atoms with van der Waals surface area (Å²) in [5.74, 6) is 0.699. The first-order chi connectivity index (χ1) is 7.61. The number of hydrogen-bond donors (Lipinski definition) is 2. The zero-order valence-corrected chi connectivity index (χ0v) is 9.70. The van der Waals surface area contributed by atoms with Gasteiger partial charge in [-0.3, -0.25) is 0 Å². The Hall–Kier alpha value is -0.810. The summed E-state index contributed by atoms with van der Waals surface area (Å²) in [6.45, 7) is 2.34. The molecule has 4 nitrogen and oxygen atoms in total. The third-order valence-electron chi connectivity index (χ3n) is 2.60. The second-order valence-corrected chi connectivity index (χ2v) is 4.26. The number of fused-ring (bicyclic) bond motifs is 1. The molecule has 0 aliphatic carbocycles. The summed E-state index contributed by atoms with van der Waals surface area (Å²) < 4.78 is 10.5. The predicted octanol–water partition coefficient (Wildman–Crippen LogP) is 1.59. The first kappa shape index (κ1) is 11.7. The molecule has 0 fully saturated rings. The van der Waals surface area contributed by atoms with E-state index in [-0.39, 0.29) is 6.79 Å². The normalized spacial score (nSPS) is 18.5. The van der Waals surface area contributed by atoms with E-state index in [2.05, 4.69) is 0 Å². The summed E-state index contributed by atoms with van der Waals surface area (Å²) in [7, 11) is 0. The molecule has 0 amide bonds.